The van der Waals surface area contributed by atoms with E-state index < -0.39 is 5.41 Å². The van der Waals surface area contributed by atoms with Crippen molar-refractivity contribution in [2.24, 2.45) is 16.7 Å². The van der Waals surface area contributed by atoms with E-state index in [0.29, 0.717) is 6.42 Å². The van der Waals surface area contributed by atoms with Gasteiger partial charge in [-0.05, 0) is 48.3 Å². The lowest BCUT2D eigenvalue weighted by Crippen LogP contribution is -2.30. The number of allylic oxidation sites excluding steroid dienone is 4. The highest BCUT2D eigenvalue weighted by Gasteiger charge is 2.35. The van der Waals surface area contributed by atoms with Gasteiger partial charge in [0.1, 0.15) is 5.78 Å². The number of hydrogen-bond donors (Lipinski definition) is 0. The van der Waals surface area contributed by atoms with Crippen LogP contribution in [0, 0.1) is 29.1 Å². The third-order valence-corrected chi connectivity index (χ3v) is 4.33. The average Bonchev–Trinajstić information content (AvgIpc) is 2.39. The van der Waals surface area contributed by atoms with Crippen LogP contribution in [0.2, 0.25) is 0 Å². The van der Waals surface area contributed by atoms with Crippen molar-refractivity contribution in [3.8, 4) is 12.3 Å². The third-order valence-electron chi connectivity index (χ3n) is 4.33. The Morgan fingerprint density at radius 1 is 1.50 bits per heavy atom. The molecule has 0 heterocycles. The summed E-state index contributed by atoms with van der Waals surface area (Å²) in [5, 5.41) is 0. The number of Topliss-reactive ketones (excluding diaryl/α,β-unsaturated/α-hetero) is 1. The lowest BCUT2D eigenvalue weighted by Gasteiger charge is -2.33. The summed E-state index contributed by atoms with van der Waals surface area (Å²) in [6, 6.07) is 0. The first-order valence-electron chi connectivity index (χ1n) is 8.07. The first-order valence-corrected chi connectivity index (χ1v) is 8.07. The van der Waals surface area contributed by atoms with Gasteiger partial charge in [0.2, 0.25) is 0 Å². The first-order chi connectivity index (χ1) is 9.98. The molecule has 1 aliphatic carbocycles. The molecule has 2 atom stereocenters. The van der Waals surface area contributed by atoms with E-state index in [9.17, 15) is 4.79 Å². The van der Waals surface area contributed by atoms with Gasteiger partial charge in [-0.1, -0.05) is 46.9 Å². The topological polar surface area (TPSA) is 17.1 Å². The minimum absolute atomic E-state index is 0.0101. The van der Waals surface area contributed by atoms with Crippen molar-refractivity contribution in [2.75, 3.05) is 0 Å². The SMILES string of the molecule is C#CC(C)CC(=O)[C@]1(C)C=C(C(=C)CC(C)(C)C)C(=C)CC1. The molecule has 0 saturated carbocycles. The summed E-state index contributed by atoms with van der Waals surface area (Å²) in [5.41, 5.74) is 3.01. The molecular formula is C21H30O. The van der Waals surface area contributed by atoms with Crippen LogP contribution in [0.5, 0.6) is 0 Å². The second-order valence-corrected chi connectivity index (χ2v) is 8.12. The van der Waals surface area contributed by atoms with Crippen LogP contribution in [0.25, 0.3) is 0 Å². The van der Waals surface area contributed by atoms with Crippen molar-refractivity contribution >= 4 is 5.78 Å². The Hall–Kier alpha value is -1.55. The molecule has 0 spiro atoms. The fourth-order valence-corrected chi connectivity index (χ4v) is 2.92. The predicted molar refractivity (Wildman–Crippen MR) is 95.4 cm³/mol. The van der Waals surface area contributed by atoms with Crippen molar-refractivity contribution in [1.29, 1.82) is 0 Å². The van der Waals surface area contributed by atoms with Crippen LogP contribution in [-0.4, -0.2) is 5.78 Å². The number of hydrogen-bond acceptors (Lipinski definition) is 1. The molecule has 120 valence electrons. The molecular weight excluding hydrogens is 268 g/mol. The molecule has 0 bridgehead atoms. The van der Waals surface area contributed by atoms with Gasteiger partial charge in [-0.25, -0.2) is 0 Å². The van der Waals surface area contributed by atoms with E-state index >= 15 is 0 Å². The molecule has 1 heteroatoms. The van der Waals surface area contributed by atoms with Crippen molar-refractivity contribution in [2.45, 2.75) is 60.3 Å². The van der Waals surface area contributed by atoms with E-state index in [0.717, 1.165) is 36.0 Å². The number of rotatable bonds is 5. The molecule has 0 aromatic carbocycles. The van der Waals surface area contributed by atoms with Crippen molar-refractivity contribution in [1.82, 2.24) is 0 Å². The summed E-state index contributed by atoms with van der Waals surface area (Å²) in [6.45, 7) is 19.0. The Morgan fingerprint density at radius 3 is 2.59 bits per heavy atom. The fraction of sp³-hybridized carbons (Fsp3) is 0.571. The molecule has 0 amide bonds. The van der Waals surface area contributed by atoms with Crippen LogP contribution in [0.3, 0.4) is 0 Å². The molecule has 1 nitrogen and oxygen atoms in total. The van der Waals surface area contributed by atoms with Gasteiger partial charge < -0.3 is 0 Å². The zero-order valence-corrected chi connectivity index (χ0v) is 14.9. The minimum atomic E-state index is -0.442. The predicted octanol–water partition coefficient (Wildman–Crippen LogP) is 5.49. The van der Waals surface area contributed by atoms with E-state index in [-0.39, 0.29) is 17.1 Å². The highest BCUT2D eigenvalue weighted by atomic mass is 16.1. The monoisotopic (exact) mass is 298 g/mol. The van der Waals surface area contributed by atoms with Crippen LogP contribution < -0.4 is 0 Å². The van der Waals surface area contributed by atoms with Gasteiger partial charge in [0.15, 0.2) is 0 Å². The van der Waals surface area contributed by atoms with Crippen molar-refractivity contribution in [3.63, 3.8) is 0 Å². The Morgan fingerprint density at radius 2 is 2.09 bits per heavy atom. The lowest BCUT2D eigenvalue weighted by atomic mass is 9.69. The molecule has 0 aromatic rings. The van der Waals surface area contributed by atoms with Gasteiger partial charge in [-0.3, -0.25) is 4.79 Å². The molecule has 1 rings (SSSR count). The first kappa shape index (κ1) is 18.5. The maximum atomic E-state index is 12.6. The average molecular weight is 298 g/mol. The van der Waals surface area contributed by atoms with Crippen LogP contribution in [0.1, 0.15) is 60.3 Å². The molecule has 0 radical (unpaired) electrons. The van der Waals surface area contributed by atoms with E-state index in [1.807, 2.05) is 13.8 Å². The molecule has 0 N–H and O–H groups in total. The number of carbonyl (C=O) groups is 1. The van der Waals surface area contributed by atoms with Crippen LogP contribution >= 0.6 is 0 Å². The van der Waals surface area contributed by atoms with E-state index in [4.69, 9.17) is 6.42 Å². The lowest BCUT2D eigenvalue weighted by molar-refractivity contribution is -0.126. The summed E-state index contributed by atoms with van der Waals surface area (Å²) in [5.74, 6) is 2.87. The van der Waals surface area contributed by atoms with E-state index in [1.54, 1.807) is 0 Å². The van der Waals surface area contributed by atoms with Gasteiger partial charge in [0.25, 0.3) is 0 Å². The normalized spacial score (nSPS) is 23.5. The Bertz CT molecular complexity index is 547. The van der Waals surface area contributed by atoms with Crippen LogP contribution in [0.15, 0.2) is 36.0 Å². The van der Waals surface area contributed by atoms with Gasteiger partial charge >= 0.3 is 0 Å². The van der Waals surface area contributed by atoms with Crippen LogP contribution in [0.4, 0.5) is 0 Å². The molecule has 0 aromatic heterocycles. The Kier molecular flexibility index (Phi) is 5.63. The van der Waals surface area contributed by atoms with Crippen molar-refractivity contribution in [3.05, 3.63) is 36.0 Å². The standard InChI is InChI=1S/C21H30O/c1-9-15(2)12-19(22)21(8)11-10-16(3)18(14-21)17(4)13-20(5,6)7/h1,14-15H,3-4,10-13H2,2,5-8H3/t15?,21-/m0/s1. The number of terminal acetylenes is 1. The summed E-state index contributed by atoms with van der Waals surface area (Å²) < 4.78 is 0. The second kappa shape index (κ2) is 6.69. The molecule has 1 aliphatic rings. The fourth-order valence-electron chi connectivity index (χ4n) is 2.92. The zero-order valence-electron chi connectivity index (χ0n) is 14.9. The minimum Gasteiger partial charge on any atom is -0.299 e. The van der Waals surface area contributed by atoms with Gasteiger partial charge in [0, 0.05) is 17.8 Å². The second-order valence-electron chi connectivity index (χ2n) is 8.12. The maximum absolute atomic E-state index is 12.6. The van der Waals surface area contributed by atoms with Gasteiger partial charge in [-0.2, -0.15) is 0 Å². The van der Waals surface area contributed by atoms with Crippen molar-refractivity contribution < 1.29 is 4.79 Å². The summed E-state index contributed by atoms with van der Waals surface area (Å²) in [4.78, 5) is 12.6. The number of ketones is 1. The smallest absolute Gasteiger partial charge is 0.143 e. The highest BCUT2D eigenvalue weighted by Crippen LogP contribution is 2.42. The van der Waals surface area contributed by atoms with Gasteiger partial charge in [-0.15, -0.1) is 12.3 Å². The van der Waals surface area contributed by atoms with E-state index in [1.165, 1.54) is 0 Å². The molecule has 22 heavy (non-hydrogen) atoms. The molecule has 0 fully saturated rings. The Balaban J connectivity index is 3.04. The van der Waals surface area contributed by atoms with Crippen LogP contribution in [-0.2, 0) is 4.79 Å². The maximum Gasteiger partial charge on any atom is 0.143 e. The highest BCUT2D eigenvalue weighted by molar-refractivity contribution is 5.87. The van der Waals surface area contributed by atoms with E-state index in [2.05, 4.69) is 45.9 Å². The molecule has 0 aliphatic heterocycles. The largest absolute Gasteiger partial charge is 0.299 e. The quantitative estimate of drug-likeness (QED) is 0.613. The summed E-state index contributed by atoms with van der Waals surface area (Å²) >= 11 is 0. The molecule has 0 saturated heterocycles. The zero-order chi connectivity index (χ0) is 17.1. The Labute approximate surface area is 136 Å². The third kappa shape index (κ3) is 4.73. The van der Waals surface area contributed by atoms with Gasteiger partial charge in [0.05, 0.1) is 0 Å². The molecule has 1 unspecified atom stereocenters. The summed E-state index contributed by atoms with van der Waals surface area (Å²) in [7, 11) is 0. The number of carbonyl (C=O) groups excluding carboxylic acids is 1. The summed E-state index contributed by atoms with van der Waals surface area (Å²) in [6.07, 6.45) is 10.5.